The van der Waals surface area contributed by atoms with Crippen LogP contribution in [-0.4, -0.2) is 71.2 Å². The molecule has 0 unspecified atom stereocenters. The second-order valence-electron chi connectivity index (χ2n) is 7.26. The number of aliphatic imine (C=N–C) groups is 1. The summed E-state index contributed by atoms with van der Waals surface area (Å²) in [6, 6.07) is 7.54. The van der Waals surface area contributed by atoms with E-state index in [4.69, 9.17) is 0 Å². The maximum atomic E-state index is 12.0. The summed E-state index contributed by atoms with van der Waals surface area (Å²) in [5.74, 6) is 0.557. The molecule has 0 saturated heterocycles. The molecule has 0 heterocycles. The Morgan fingerprint density at radius 2 is 1.86 bits per heavy atom. The zero-order valence-electron chi connectivity index (χ0n) is 17.4. The topological polar surface area (TPSA) is 103 Å². The first kappa shape index (κ1) is 26.6. The normalized spacial score (nSPS) is 12.1. The van der Waals surface area contributed by atoms with Gasteiger partial charge in [-0.25, -0.2) is 13.1 Å². The third-order valence-electron chi connectivity index (χ3n) is 3.67. The van der Waals surface area contributed by atoms with Crippen molar-refractivity contribution in [3.63, 3.8) is 0 Å². The fourth-order valence-electron chi connectivity index (χ4n) is 2.51. The van der Waals surface area contributed by atoms with Crippen LogP contribution in [0.25, 0.3) is 0 Å². The van der Waals surface area contributed by atoms with E-state index < -0.39 is 15.6 Å². The molecular weight excluding hydrogens is 493 g/mol. The Balaban J connectivity index is 0.00000729. The number of hydrogen-bond donors (Lipinski definition) is 3. The van der Waals surface area contributed by atoms with Crippen LogP contribution in [0.2, 0.25) is 0 Å². The highest BCUT2D eigenvalue weighted by Crippen LogP contribution is 2.08. The van der Waals surface area contributed by atoms with Crippen molar-refractivity contribution < 1.29 is 13.2 Å². The van der Waals surface area contributed by atoms with E-state index >= 15 is 0 Å². The molecule has 1 rings (SSSR count). The number of sulfonamides is 1. The molecule has 0 atom stereocenters. The molecule has 1 aromatic carbocycles. The molecule has 160 valence electrons. The minimum atomic E-state index is -3.29. The molecule has 0 aromatic heterocycles. The van der Waals surface area contributed by atoms with Gasteiger partial charge >= 0.3 is 0 Å². The monoisotopic (exact) mass is 525 g/mol. The molecule has 28 heavy (non-hydrogen) atoms. The van der Waals surface area contributed by atoms with E-state index in [1.54, 1.807) is 46.0 Å². The first-order valence-corrected chi connectivity index (χ1v) is 10.6. The number of carbonyl (C=O) groups excluding carboxylic acids is 1. The first-order chi connectivity index (χ1) is 12.4. The van der Waals surface area contributed by atoms with Gasteiger partial charge in [0.2, 0.25) is 10.0 Å². The fourth-order valence-corrected chi connectivity index (χ4v) is 3.58. The van der Waals surface area contributed by atoms with Gasteiger partial charge in [0.05, 0.1) is 6.26 Å². The van der Waals surface area contributed by atoms with Crippen LogP contribution in [0.1, 0.15) is 29.8 Å². The van der Waals surface area contributed by atoms with Gasteiger partial charge in [-0.3, -0.25) is 9.79 Å². The molecular formula is C18H32IN5O3S. The largest absolute Gasteiger partial charge is 0.356 e. The van der Waals surface area contributed by atoms with Crippen molar-refractivity contribution in [2.24, 2.45) is 4.99 Å². The number of halogens is 1. The van der Waals surface area contributed by atoms with Gasteiger partial charge in [0.1, 0.15) is 0 Å². The average Bonchev–Trinajstić information content (AvgIpc) is 2.55. The number of nitrogens with zero attached hydrogens (tertiary/aromatic N) is 2. The van der Waals surface area contributed by atoms with Gasteiger partial charge in [0.15, 0.2) is 5.96 Å². The van der Waals surface area contributed by atoms with Crippen molar-refractivity contribution in [1.29, 1.82) is 0 Å². The lowest BCUT2D eigenvalue weighted by Crippen LogP contribution is -2.53. The molecule has 0 spiro atoms. The summed E-state index contributed by atoms with van der Waals surface area (Å²) in [6.07, 6.45) is 1.86. The lowest BCUT2D eigenvalue weighted by atomic mass is 10.1. The van der Waals surface area contributed by atoms with Gasteiger partial charge in [0, 0.05) is 45.3 Å². The fraction of sp³-hybridized carbons (Fsp3) is 0.556. The summed E-state index contributed by atoms with van der Waals surface area (Å²) in [7, 11) is 1.82. The van der Waals surface area contributed by atoms with Crippen LogP contribution in [0.15, 0.2) is 29.3 Å². The summed E-state index contributed by atoms with van der Waals surface area (Å²) in [5, 5.41) is 6.31. The minimum Gasteiger partial charge on any atom is -0.356 e. The Morgan fingerprint density at radius 1 is 1.21 bits per heavy atom. The van der Waals surface area contributed by atoms with Crippen LogP contribution in [-0.2, 0) is 16.4 Å². The molecule has 0 fully saturated rings. The van der Waals surface area contributed by atoms with Crippen LogP contribution in [0.4, 0.5) is 0 Å². The van der Waals surface area contributed by atoms with Crippen molar-refractivity contribution >= 4 is 45.9 Å². The Kier molecular flexibility index (Phi) is 11.0. The van der Waals surface area contributed by atoms with Gasteiger partial charge in [-0.1, -0.05) is 12.1 Å². The predicted octanol–water partition coefficient (Wildman–Crippen LogP) is 1.04. The zero-order chi connectivity index (χ0) is 20.7. The highest BCUT2D eigenvalue weighted by molar-refractivity contribution is 14.0. The molecule has 1 amide bonds. The van der Waals surface area contributed by atoms with E-state index in [-0.39, 0.29) is 29.9 Å². The Hall–Kier alpha value is -1.40. The summed E-state index contributed by atoms with van der Waals surface area (Å²) in [4.78, 5) is 17.7. The second kappa shape index (κ2) is 11.6. The smallest absolute Gasteiger partial charge is 0.253 e. The van der Waals surface area contributed by atoms with Crippen molar-refractivity contribution in [1.82, 2.24) is 20.3 Å². The Labute approximate surface area is 185 Å². The van der Waals surface area contributed by atoms with Gasteiger partial charge in [0.25, 0.3) is 5.91 Å². The molecule has 3 N–H and O–H groups in total. The first-order valence-electron chi connectivity index (χ1n) is 8.67. The summed E-state index contributed by atoms with van der Waals surface area (Å²) in [6.45, 7) is 4.59. The highest BCUT2D eigenvalue weighted by atomic mass is 127. The number of guanidine groups is 1. The highest BCUT2D eigenvalue weighted by Gasteiger charge is 2.22. The van der Waals surface area contributed by atoms with E-state index in [2.05, 4.69) is 20.3 Å². The molecule has 0 aliphatic carbocycles. The van der Waals surface area contributed by atoms with Crippen LogP contribution in [0.5, 0.6) is 0 Å². The van der Waals surface area contributed by atoms with Crippen LogP contribution in [0.3, 0.4) is 0 Å². The van der Waals surface area contributed by atoms with Gasteiger partial charge in [-0.2, -0.15) is 0 Å². The summed E-state index contributed by atoms with van der Waals surface area (Å²) >= 11 is 0. The lowest BCUT2D eigenvalue weighted by molar-refractivity contribution is 0.0827. The third kappa shape index (κ3) is 10.2. The van der Waals surface area contributed by atoms with Crippen molar-refractivity contribution in [2.45, 2.75) is 25.8 Å². The predicted molar refractivity (Wildman–Crippen MR) is 125 cm³/mol. The molecule has 8 nitrogen and oxygen atoms in total. The molecule has 0 bridgehead atoms. The number of benzene rings is 1. The van der Waals surface area contributed by atoms with Crippen LogP contribution < -0.4 is 15.4 Å². The average molecular weight is 525 g/mol. The minimum absolute atomic E-state index is 0. The van der Waals surface area contributed by atoms with Gasteiger partial charge in [-0.15, -0.1) is 24.0 Å². The molecule has 0 saturated carbocycles. The number of carbonyl (C=O) groups is 1. The number of hydrogen-bond acceptors (Lipinski definition) is 4. The maximum Gasteiger partial charge on any atom is 0.253 e. The molecule has 1 aromatic rings. The van der Waals surface area contributed by atoms with Gasteiger partial charge in [-0.05, 0) is 38.0 Å². The van der Waals surface area contributed by atoms with Crippen molar-refractivity contribution in [3.05, 3.63) is 35.4 Å². The van der Waals surface area contributed by atoms with E-state index in [0.717, 1.165) is 18.2 Å². The zero-order valence-corrected chi connectivity index (χ0v) is 20.5. The second-order valence-corrected chi connectivity index (χ2v) is 9.01. The van der Waals surface area contributed by atoms with Crippen LogP contribution >= 0.6 is 24.0 Å². The van der Waals surface area contributed by atoms with E-state index in [1.165, 1.54) is 0 Å². The number of rotatable bonds is 8. The maximum absolute atomic E-state index is 12.0. The standard InChI is InChI=1S/C18H31N5O3S.HI/c1-18(2,22-27(6,25)26)13-21-17(19-3)20-11-10-14-8-7-9-15(12-14)16(24)23(4)5;/h7-9,12,22H,10-11,13H2,1-6H3,(H2,19,20,21);1H. The van der Waals surface area contributed by atoms with E-state index in [1.807, 2.05) is 18.2 Å². The van der Waals surface area contributed by atoms with E-state index in [0.29, 0.717) is 24.6 Å². The number of amides is 1. The third-order valence-corrected chi connectivity index (χ3v) is 4.59. The SMILES string of the molecule is CN=C(NCCc1cccc(C(=O)N(C)C)c1)NCC(C)(C)NS(C)(=O)=O.I. The Bertz CT molecular complexity index is 779. The summed E-state index contributed by atoms with van der Waals surface area (Å²) in [5.41, 5.74) is 1.06. The van der Waals surface area contributed by atoms with Crippen molar-refractivity contribution in [2.75, 3.05) is 40.5 Å². The molecule has 0 aliphatic heterocycles. The van der Waals surface area contributed by atoms with Gasteiger partial charge < -0.3 is 15.5 Å². The summed E-state index contributed by atoms with van der Waals surface area (Å²) < 4.78 is 25.4. The molecule has 0 radical (unpaired) electrons. The quantitative estimate of drug-likeness (QED) is 0.268. The van der Waals surface area contributed by atoms with E-state index in [9.17, 15) is 13.2 Å². The molecule has 0 aliphatic rings. The lowest BCUT2D eigenvalue weighted by Gasteiger charge is -2.26. The van der Waals surface area contributed by atoms with Crippen LogP contribution in [0, 0.1) is 0 Å². The molecule has 10 heteroatoms. The Morgan fingerprint density at radius 3 is 2.39 bits per heavy atom. The number of nitrogens with one attached hydrogen (secondary N) is 3. The van der Waals surface area contributed by atoms with Crippen molar-refractivity contribution in [3.8, 4) is 0 Å².